The molecule has 0 radical (unpaired) electrons. The predicted molar refractivity (Wildman–Crippen MR) is 112 cm³/mol. The van der Waals surface area contributed by atoms with E-state index in [2.05, 4.69) is 62.1 Å². The van der Waals surface area contributed by atoms with Crippen LogP contribution in [0, 0.1) is 0 Å². The van der Waals surface area contributed by atoms with Crippen LogP contribution in [-0.2, 0) is 11.3 Å². The zero-order chi connectivity index (χ0) is 19.6. The smallest absolute Gasteiger partial charge is 0.286 e. The molecule has 6 heteroatoms. The van der Waals surface area contributed by atoms with E-state index in [4.69, 9.17) is 5.73 Å². The number of aromatic nitrogens is 1. The molecule has 0 saturated heterocycles. The minimum atomic E-state index is -0.0373. The number of fused-ring (bicyclic) bond motifs is 2. The van der Waals surface area contributed by atoms with Gasteiger partial charge < -0.3 is 20.9 Å². The molecule has 0 atom stereocenters. The summed E-state index contributed by atoms with van der Waals surface area (Å²) in [5, 5.41) is 5.10. The molecular formula is C21H28N5O+. The SMILES string of the molecule is CN(C)c1ccc2cc3ccc(N(C)C)cc3[n+](CC(=O)NCCN)c2c1. The molecule has 3 rings (SSSR count). The molecule has 3 aromatic rings. The molecule has 1 aromatic heterocycles. The molecule has 0 fully saturated rings. The average Bonchev–Trinajstić information content (AvgIpc) is 2.65. The van der Waals surface area contributed by atoms with Gasteiger partial charge in [-0.3, -0.25) is 4.79 Å². The summed E-state index contributed by atoms with van der Waals surface area (Å²) in [5.41, 5.74) is 9.79. The molecule has 0 bridgehead atoms. The molecule has 0 aliphatic carbocycles. The molecule has 1 heterocycles. The molecule has 3 N–H and O–H groups in total. The van der Waals surface area contributed by atoms with Crippen LogP contribution in [0.5, 0.6) is 0 Å². The largest absolute Gasteiger partial charge is 0.377 e. The first-order valence-corrected chi connectivity index (χ1v) is 9.12. The fourth-order valence-corrected chi connectivity index (χ4v) is 3.21. The highest BCUT2D eigenvalue weighted by Gasteiger charge is 2.20. The number of anilines is 2. The Morgan fingerprint density at radius 1 is 0.926 bits per heavy atom. The number of nitrogens with zero attached hydrogens (tertiary/aromatic N) is 3. The second kappa shape index (κ2) is 7.80. The molecule has 0 aliphatic heterocycles. The lowest BCUT2D eigenvalue weighted by atomic mass is 10.1. The Labute approximate surface area is 160 Å². The van der Waals surface area contributed by atoms with Crippen molar-refractivity contribution in [2.45, 2.75) is 6.54 Å². The topological polar surface area (TPSA) is 65.5 Å². The van der Waals surface area contributed by atoms with Crippen LogP contribution in [0.25, 0.3) is 21.8 Å². The number of pyridine rings is 1. The van der Waals surface area contributed by atoms with Crippen molar-refractivity contribution in [2.24, 2.45) is 5.73 Å². The van der Waals surface area contributed by atoms with Crippen molar-refractivity contribution in [3.8, 4) is 0 Å². The molecule has 0 spiro atoms. The molecule has 2 aromatic carbocycles. The summed E-state index contributed by atoms with van der Waals surface area (Å²) in [6.45, 7) is 1.16. The van der Waals surface area contributed by atoms with E-state index in [1.807, 2.05) is 28.2 Å². The monoisotopic (exact) mass is 366 g/mol. The lowest BCUT2D eigenvalue weighted by molar-refractivity contribution is -0.632. The van der Waals surface area contributed by atoms with E-state index in [0.717, 1.165) is 33.2 Å². The predicted octanol–water partition coefficient (Wildman–Crippen LogP) is 1.49. The van der Waals surface area contributed by atoms with Crippen LogP contribution in [0.1, 0.15) is 0 Å². The van der Waals surface area contributed by atoms with Gasteiger partial charge in [-0.2, -0.15) is 4.57 Å². The van der Waals surface area contributed by atoms with Crippen molar-refractivity contribution >= 4 is 39.1 Å². The van der Waals surface area contributed by atoms with E-state index in [0.29, 0.717) is 13.1 Å². The highest BCUT2D eigenvalue weighted by Crippen LogP contribution is 2.25. The molecule has 6 nitrogen and oxygen atoms in total. The number of carbonyl (C=O) groups is 1. The normalized spacial score (nSPS) is 11.0. The van der Waals surface area contributed by atoms with E-state index < -0.39 is 0 Å². The van der Waals surface area contributed by atoms with Gasteiger partial charge in [0.1, 0.15) is 0 Å². The first-order chi connectivity index (χ1) is 12.9. The van der Waals surface area contributed by atoms with Crippen LogP contribution < -0.4 is 25.4 Å². The molecular weight excluding hydrogens is 338 g/mol. The summed E-state index contributed by atoms with van der Waals surface area (Å²) >= 11 is 0. The average molecular weight is 366 g/mol. The third kappa shape index (κ3) is 3.95. The van der Waals surface area contributed by atoms with Crippen molar-refractivity contribution < 1.29 is 9.36 Å². The van der Waals surface area contributed by atoms with Gasteiger partial charge in [-0.1, -0.05) is 0 Å². The Bertz CT molecular complexity index is 915. The third-order valence-corrected chi connectivity index (χ3v) is 4.72. The number of nitrogens with two attached hydrogens (primary N) is 1. The molecule has 0 aliphatic rings. The lowest BCUT2D eigenvalue weighted by Crippen LogP contribution is -2.45. The Kier molecular flexibility index (Phi) is 5.46. The Morgan fingerprint density at radius 2 is 1.44 bits per heavy atom. The second-order valence-corrected chi connectivity index (χ2v) is 7.14. The minimum Gasteiger partial charge on any atom is -0.377 e. The second-order valence-electron chi connectivity index (χ2n) is 7.14. The van der Waals surface area contributed by atoms with E-state index >= 15 is 0 Å². The maximum atomic E-state index is 12.5. The number of rotatable bonds is 6. The quantitative estimate of drug-likeness (QED) is 0.512. The summed E-state index contributed by atoms with van der Waals surface area (Å²) < 4.78 is 2.09. The molecule has 27 heavy (non-hydrogen) atoms. The number of amides is 1. The number of carbonyl (C=O) groups excluding carboxylic acids is 1. The van der Waals surface area contributed by atoms with Gasteiger partial charge in [-0.05, 0) is 30.3 Å². The van der Waals surface area contributed by atoms with Gasteiger partial charge in [-0.15, -0.1) is 0 Å². The van der Waals surface area contributed by atoms with Gasteiger partial charge >= 0.3 is 0 Å². The van der Waals surface area contributed by atoms with Gasteiger partial charge in [0, 0.05) is 75.6 Å². The minimum absolute atomic E-state index is 0.0373. The number of hydrogen-bond acceptors (Lipinski definition) is 4. The summed E-state index contributed by atoms with van der Waals surface area (Å²) in [7, 11) is 8.07. The van der Waals surface area contributed by atoms with Crippen molar-refractivity contribution in [1.29, 1.82) is 0 Å². The van der Waals surface area contributed by atoms with Gasteiger partial charge in [0.05, 0.1) is 0 Å². The van der Waals surface area contributed by atoms with Gasteiger partial charge in [0.25, 0.3) is 5.91 Å². The molecule has 1 amide bonds. The summed E-state index contributed by atoms with van der Waals surface area (Å²) in [5.74, 6) is -0.0373. The van der Waals surface area contributed by atoms with E-state index in [1.165, 1.54) is 0 Å². The first kappa shape index (κ1) is 18.9. The maximum Gasteiger partial charge on any atom is 0.286 e. The van der Waals surface area contributed by atoms with Crippen molar-refractivity contribution in [1.82, 2.24) is 5.32 Å². The molecule has 0 saturated carbocycles. The maximum absolute atomic E-state index is 12.5. The third-order valence-electron chi connectivity index (χ3n) is 4.72. The Balaban J connectivity index is 2.24. The van der Waals surface area contributed by atoms with Crippen molar-refractivity contribution in [3.05, 3.63) is 42.5 Å². The van der Waals surface area contributed by atoms with E-state index in [-0.39, 0.29) is 12.5 Å². The number of hydrogen-bond donors (Lipinski definition) is 2. The first-order valence-electron chi connectivity index (χ1n) is 9.12. The number of nitrogens with one attached hydrogen (secondary N) is 1. The Hall–Kier alpha value is -2.86. The summed E-state index contributed by atoms with van der Waals surface area (Å²) in [6.07, 6.45) is 0. The molecule has 142 valence electrons. The van der Waals surface area contributed by atoms with Crippen molar-refractivity contribution in [3.63, 3.8) is 0 Å². The fourth-order valence-electron chi connectivity index (χ4n) is 3.21. The standard InChI is InChI=1S/C21H27N5O/c1-24(2)17-7-5-15-11-16-6-8-18(25(3)4)13-20(16)26(19(15)12-17)14-21(27)23-10-9-22/h5-8,11-13H,9-10,14,22H2,1-4H3/p+1. The van der Waals surface area contributed by atoms with Crippen LogP contribution in [0.2, 0.25) is 0 Å². The fraction of sp³-hybridized carbons (Fsp3) is 0.333. The van der Waals surface area contributed by atoms with E-state index in [9.17, 15) is 4.79 Å². The van der Waals surface area contributed by atoms with Crippen LogP contribution in [0.4, 0.5) is 11.4 Å². The van der Waals surface area contributed by atoms with Gasteiger partial charge in [-0.25, -0.2) is 0 Å². The summed E-state index contributed by atoms with van der Waals surface area (Å²) in [4.78, 5) is 16.6. The lowest BCUT2D eigenvalue weighted by Gasteiger charge is -2.15. The van der Waals surface area contributed by atoms with E-state index in [1.54, 1.807) is 0 Å². The number of benzene rings is 2. The summed E-state index contributed by atoms with van der Waals surface area (Å²) in [6, 6.07) is 14.9. The van der Waals surface area contributed by atoms with Gasteiger partial charge in [0.15, 0.2) is 0 Å². The highest BCUT2D eigenvalue weighted by atomic mass is 16.1. The van der Waals surface area contributed by atoms with Crippen LogP contribution >= 0.6 is 0 Å². The highest BCUT2D eigenvalue weighted by molar-refractivity contribution is 5.92. The van der Waals surface area contributed by atoms with Crippen molar-refractivity contribution in [2.75, 3.05) is 51.1 Å². The van der Waals surface area contributed by atoms with Crippen LogP contribution in [0.3, 0.4) is 0 Å². The zero-order valence-electron chi connectivity index (χ0n) is 16.5. The molecule has 0 unspecified atom stereocenters. The van der Waals surface area contributed by atoms with Gasteiger partial charge in [0.2, 0.25) is 17.6 Å². The van der Waals surface area contributed by atoms with Crippen LogP contribution in [-0.4, -0.2) is 47.2 Å². The zero-order valence-corrected chi connectivity index (χ0v) is 16.5. The Morgan fingerprint density at radius 3 is 1.89 bits per heavy atom. The van der Waals surface area contributed by atoms with Crippen LogP contribution in [0.15, 0.2) is 42.5 Å².